The van der Waals surface area contributed by atoms with Gasteiger partial charge in [0.25, 0.3) is 0 Å². The Balaban J connectivity index is 1.31. The van der Waals surface area contributed by atoms with Crippen molar-refractivity contribution < 1.29 is 19.0 Å². The summed E-state index contributed by atoms with van der Waals surface area (Å²) in [6, 6.07) is 10.0. The summed E-state index contributed by atoms with van der Waals surface area (Å²) >= 11 is 7.71. The number of carbonyl (C=O) groups excluding carboxylic acids is 1. The molecule has 2 aliphatic rings. The van der Waals surface area contributed by atoms with Gasteiger partial charge in [-0.2, -0.15) is 0 Å². The first-order chi connectivity index (χ1) is 12.7. The number of aryl methyl sites for hydroxylation is 2. The zero-order valence-corrected chi connectivity index (χ0v) is 15.8. The van der Waals surface area contributed by atoms with Crippen molar-refractivity contribution in [2.45, 2.75) is 30.8 Å². The highest BCUT2D eigenvalue weighted by atomic mass is 35.5. The fourth-order valence-corrected chi connectivity index (χ4v) is 4.28. The van der Waals surface area contributed by atoms with Crippen molar-refractivity contribution in [2.75, 3.05) is 19.0 Å². The molecule has 0 fully saturated rings. The molecule has 0 atom stereocenters. The molecule has 2 aromatic carbocycles. The number of halogens is 1. The molecule has 6 heteroatoms. The second-order valence-electron chi connectivity index (χ2n) is 6.34. The van der Waals surface area contributed by atoms with Crippen LogP contribution in [0.5, 0.6) is 11.5 Å². The fraction of sp³-hybridized carbons (Fsp3) is 0.350. The Hall–Kier alpha value is -1.85. The molecule has 26 heavy (non-hydrogen) atoms. The van der Waals surface area contributed by atoms with E-state index in [0.717, 1.165) is 16.9 Å². The molecule has 1 aliphatic heterocycles. The molecule has 4 nitrogen and oxygen atoms in total. The van der Waals surface area contributed by atoms with E-state index in [1.54, 1.807) is 12.1 Å². The van der Waals surface area contributed by atoms with Crippen molar-refractivity contribution in [3.63, 3.8) is 0 Å². The Morgan fingerprint density at radius 3 is 2.88 bits per heavy atom. The van der Waals surface area contributed by atoms with Gasteiger partial charge in [0.05, 0.1) is 10.8 Å². The first-order valence-electron chi connectivity index (χ1n) is 8.67. The number of benzene rings is 2. The molecule has 0 unspecified atom stereocenters. The molecule has 0 aromatic heterocycles. The standard InChI is InChI=1S/C20H19ClO4S/c21-17-8-13(9-18-20(17)24-7-6-23-18)11-25-19(22)12-26-16-5-4-14-2-1-3-15(14)10-16/h4-5,8-10H,1-3,6-7,11-12H2. The summed E-state index contributed by atoms with van der Waals surface area (Å²) in [4.78, 5) is 13.2. The van der Waals surface area contributed by atoms with Crippen molar-refractivity contribution in [1.82, 2.24) is 0 Å². The molecular formula is C20H19ClO4S. The van der Waals surface area contributed by atoms with Crippen LogP contribution in [0.25, 0.3) is 0 Å². The smallest absolute Gasteiger partial charge is 0.316 e. The summed E-state index contributed by atoms with van der Waals surface area (Å²) in [5.41, 5.74) is 3.64. The van der Waals surface area contributed by atoms with Crippen molar-refractivity contribution in [3.8, 4) is 11.5 Å². The van der Waals surface area contributed by atoms with Crippen LogP contribution >= 0.6 is 23.4 Å². The van der Waals surface area contributed by atoms with E-state index in [-0.39, 0.29) is 18.3 Å². The lowest BCUT2D eigenvalue weighted by molar-refractivity contribution is -0.141. The predicted octanol–water partition coefficient (Wildman–Crippen LogP) is 4.44. The van der Waals surface area contributed by atoms with Gasteiger partial charge in [-0.15, -0.1) is 11.8 Å². The van der Waals surface area contributed by atoms with Crippen molar-refractivity contribution >= 4 is 29.3 Å². The van der Waals surface area contributed by atoms with Crippen LogP contribution in [0.3, 0.4) is 0 Å². The number of hydrogen-bond donors (Lipinski definition) is 0. The molecule has 0 N–H and O–H groups in total. The number of thioether (sulfide) groups is 1. The topological polar surface area (TPSA) is 44.8 Å². The minimum Gasteiger partial charge on any atom is -0.486 e. The molecule has 1 aliphatic carbocycles. The van der Waals surface area contributed by atoms with Crippen molar-refractivity contribution in [1.29, 1.82) is 0 Å². The third-order valence-corrected chi connectivity index (χ3v) is 5.73. The quantitative estimate of drug-likeness (QED) is 0.558. The summed E-state index contributed by atoms with van der Waals surface area (Å²) in [7, 11) is 0. The van der Waals surface area contributed by atoms with E-state index in [1.807, 2.05) is 0 Å². The first kappa shape index (κ1) is 17.6. The van der Waals surface area contributed by atoms with Crippen molar-refractivity contribution in [2.24, 2.45) is 0 Å². The zero-order chi connectivity index (χ0) is 17.9. The Labute approximate surface area is 161 Å². The molecule has 0 saturated heterocycles. The number of hydrogen-bond acceptors (Lipinski definition) is 5. The van der Waals surface area contributed by atoms with Crippen LogP contribution in [0.4, 0.5) is 0 Å². The van der Waals surface area contributed by atoms with Crippen LogP contribution < -0.4 is 9.47 Å². The van der Waals surface area contributed by atoms with Gasteiger partial charge in [0.2, 0.25) is 0 Å². The number of rotatable bonds is 5. The van der Waals surface area contributed by atoms with Gasteiger partial charge in [0.15, 0.2) is 11.5 Å². The monoisotopic (exact) mass is 390 g/mol. The van der Waals surface area contributed by atoms with E-state index in [9.17, 15) is 4.79 Å². The lowest BCUT2D eigenvalue weighted by Gasteiger charge is -2.20. The van der Waals surface area contributed by atoms with Gasteiger partial charge in [0.1, 0.15) is 19.8 Å². The van der Waals surface area contributed by atoms with Crippen LogP contribution in [0.2, 0.25) is 5.02 Å². The molecule has 0 amide bonds. The summed E-state index contributed by atoms with van der Waals surface area (Å²) in [5.74, 6) is 1.20. The van der Waals surface area contributed by atoms with Gasteiger partial charge < -0.3 is 14.2 Å². The van der Waals surface area contributed by atoms with Crippen LogP contribution in [0.1, 0.15) is 23.1 Å². The summed E-state index contributed by atoms with van der Waals surface area (Å²) < 4.78 is 16.4. The average molecular weight is 391 g/mol. The van der Waals surface area contributed by atoms with E-state index in [2.05, 4.69) is 18.2 Å². The Morgan fingerprint density at radius 2 is 1.96 bits per heavy atom. The van der Waals surface area contributed by atoms with Crippen LogP contribution in [-0.4, -0.2) is 24.9 Å². The van der Waals surface area contributed by atoms with E-state index in [0.29, 0.717) is 29.7 Å². The number of esters is 1. The Bertz CT molecular complexity index is 837. The molecule has 0 spiro atoms. The molecule has 0 bridgehead atoms. The van der Waals surface area contributed by atoms with Gasteiger partial charge in [-0.3, -0.25) is 4.79 Å². The minimum atomic E-state index is -0.249. The second-order valence-corrected chi connectivity index (χ2v) is 7.79. The third kappa shape index (κ3) is 3.94. The molecular weight excluding hydrogens is 372 g/mol. The Kier molecular flexibility index (Phi) is 5.27. The predicted molar refractivity (Wildman–Crippen MR) is 101 cm³/mol. The molecule has 0 radical (unpaired) electrons. The maximum absolute atomic E-state index is 12.1. The SMILES string of the molecule is O=C(CSc1ccc2c(c1)CCC2)OCc1cc(Cl)c2c(c1)OCCO2. The van der Waals surface area contributed by atoms with Gasteiger partial charge in [-0.1, -0.05) is 17.7 Å². The van der Waals surface area contributed by atoms with Crippen LogP contribution in [0, 0.1) is 0 Å². The largest absolute Gasteiger partial charge is 0.486 e. The maximum atomic E-state index is 12.1. The number of ether oxygens (including phenoxy) is 3. The fourth-order valence-electron chi connectivity index (χ4n) is 3.23. The molecule has 2 aromatic rings. The van der Waals surface area contributed by atoms with Crippen molar-refractivity contribution in [3.05, 3.63) is 52.0 Å². The van der Waals surface area contributed by atoms with E-state index < -0.39 is 0 Å². The highest BCUT2D eigenvalue weighted by Gasteiger charge is 2.17. The maximum Gasteiger partial charge on any atom is 0.316 e. The summed E-state index contributed by atoms with van der Waals surface area (Å²) in [5, 5.41) is 0.473. The highest BCUT2D eigenvalue weighted by molar-refractivity contribution is 8.00. The summed E-state index contributed by atoms with van der Waals surface area (Å²) in [6.45, 7) is 1.14. The van der Waals surface area contributed by atoms with E-state index in [1.165, 1.54) is 35.7 Å². The number of fused-ring (bicyclic) bond motifs is 2. The molecule has 136 valence electrons. The van der Waals surface area contributed by atoms with E-state index in [4.69, 9.17) is 25.8 Å². The second kappa shape index (κ2) is 7.80. The van der Waals surface area contributed by atoms with Gasteiger partial charge >= 0.3 is 5.97 Å². The molecule has 1 heterocycles. The lowest BCUT2D eigenvalue weighted by atomic mass is 10.1. The molecule has 4 rings (SSSR count). The average Bonchev–Trinajstić information content (AvgIpc) is 3.12. The number of carbonyl (C=O) groups is 1. The first-order valence-corrected chi connectivity index (χ1v) is 10.0. The van der Waals surface area contributed by atoms with Gasteiger partial charge in [0, 0.05) is 4.90 Å². The highest BCUT2D eigenvalue weighted by Crippen LogP contribution is 2.38. The van der Waals surface area contributed by atoms with Gasteiger partial charge in [-0.25, -0.2) is 0 Å². The van der Waals surface area contributed by atoms with Crippen LogP contribution in [-0.2, 0) is 29.0 Å². The van der Waals surface area contributed by atoms with E-state index >= 15 is 0 Å². The minimum absolute atomic E-state index is 0.167. The normalized spacial score (nSPS) is 14.8. The molecule has 0 saturated carbocycles. The van der Waals surface area contributed by atoms with Gasteiger partial charge in [-0.05, 0) is 60.2 Å². The zero-order valence-electron chi connectivity index (χ0n) is 14.3. The van der Waals surface area contributed by atoms with Crippen LogP contribution in [0.15, 0.2) is 35.2 Å². The Morgan fingerprint density at radius 1 is 1.12 bits per heavy atom. The third-order valence-electron chi connectivity index (χ3n) is 4.48. The summed E-state index contributed by atoms with van der Waals surface area (Å²) in [6.07, 6.45) is 3.53. The lowest BCUT2D eigenvalue weighted by Crippen LogP contribution is -2.16.